The summed E-state index contributed by atoms with van der Waals surface area (Å²) in [5.74, 6) is 1.41. The zero-order chi connectivity index (χ0) is 21.2. The summed E-state index contributed by atoms with van der Waals surface area (Å²) in [6, 6.07) is 20.6. The third kappa shape index (κ3) is 3.77. The Morgan fingerprint density at radius 1 is 0.903 bits per heavy atom. The molecule has 0 saturated carbocycles. The van der Waals surface area contributed by atoms with Gasteiger partial charge in [-0.1, -0.05) is 47.0 Å². The van der Waals surface area contributed by atoms with Crippen LogP contribution in [0.3, 0.4) is 0 Å². The van der Waals surface area contributed by atoms with Gasteiger partial charge < -0.3 is 14.2 Å². The number of halogens is 1. The van der Waals surface area contributed by atoms with Gasteiger partial charge in [0.25, 0.3) is 5.91 Å². The Balaban J connectivity index is 1.27. The molecule has 3 heterocycles. The Morgan fingerprint density at radius 2 is 1.65 bits per heavy atom. The first-order chi connectivity index (χ1) is 15.2. The second-order valence-electron chi connectivity index (χ2n) is 7.15. The van der Waals surface area contributed by atoms with E-state index in [1.807, 2.05) is 48.5 Å². The van der Waals surface area contributed by atoms with Gasteiger partial charge in [-0.25, -0.2) is 0 Å². The molecule has 2 aromatic heterocycles. The van der Waals surface area contributed by atoms with Gasteiger partial charge in [0, 0.05) is 31.7 Å². The Kier molecular flexibility index (Phi) is 5.13. The largest absolute Gasteiger partial charge is 0.451 e. The highest BCUT2D eigenvalue weighted by molar-refractivity contribution is 6.33. The number of tetrazole rings is 1. The van der Waals surface area contributed by atoms with Gasteiger partial charge in [0.1, 0.15) is 5.76 Å². The van der Waals surface area contributed by atoms with Gasteiger partial charge in [0.05, 0.1) is 10.7 Å². The standard InChI is InChI=1S/C22H19ClN6O2/c23-18-9-5-4-8-17(18)19-10-11-20(31-19)21(30)27-12-14-28(15-13-27)22-24-25-26-29(22)16-6-2-1-3-7-16/h1-11H,12-15H2. The molecule has 2 aromatic carbocycles. The van der Waals surface area contributed by atoms with E-state index in [0.29, 0.717) is 48.7 Å². The molecular formula is C22H19ClN6O2. The zero-order valence-corrected chi connectivity index (χ0v) is 17.3. The van der Waals surface area contributed by atoms with E-state index in [0.717, 1.165) is 11.3 Å². The molecule has 0 bridgehead atoms. The molecule has 1 fully saturated rings. The predicted octanol–water partition coefficient (Wildman–Crippen LogP) is 3.54. The summed E-state index contributed by atoms with van der Waals surface area (Å²) < 4.78 is 7.52. The minimum absolute atomic E-state index is 0.138. The van der Waals surface area contributed by atoms with Crippen LogP contribution in [0.5, 0.6) is 0 Å². The molecule has 0 radical (unpaired) electrons. The molecule has 1 aliphatic rings. The van der Waals surface area contributed by atoms with Crippen LogP contribution in [-0.2, 0) is 0 Å². The van der Waals surface area contributed by atoms with Crippen LogP contribution in [0, 0.1) is 0 Å². The van der Waals surface area contributed by atoms with E-state index in [4.69, 9.17) is 16.0 Å². The first kappa shape index (κ1) is 19.3. The molecule has 0 spiro atoms. The number of benzene rings is 2. The molecule has 5 rings (SSSR count). The molecule has 31 heavy (non-hydrogen) atoms. The fourth-order valence-corrected chi connectivity index (χ4v) is 3.87. The lowest BCUT2D eigenvalue weighted by Gasteiger charge is -2.34. The third-order valence-electron chi connectivity index (χ3n) is 5.26. The van der Waals surface area contributed by atoms with Crippen LogP contribution in [-0.4, -0.2) is 57.2 Å². The average Bonchev–Trinajstić information content (AvgIpc) is 3.50. The molecule has 0 atom stereocenters. The zero-order valence-electron chi connectivity index (χ0n) is 16.6. The van der Waals surface area contributed by atoms with Gasteiger partial charge in [-0.05, 0) is 46.8 Å². The Bertz CT molecular complexity index is 1200. The van der Waals surface area contributed by atoms with Crippen LogP contribution in [0.1, 0.15) is 10.6 Å². The topological polar surface area (TPSA) is 80.3 Å². The number of piperazine rings is 1. The summed E-state index contributed by atoms with van der Waals surface area (Å²) in [5.41, 5.74) is 1.66. The smallest absolute Gasteiger partial charge is 0.289 e. The molecule has 1 saturated heterocycles. The van der Waals surface area contributed by atoms with Crippen molar-refractivity contribution in [2.75, 3.05) is 31.1 Å². The van der Waals surface area contributed by atoms with Crippen LogP contribution in [0.2, 0.25) is 5.02 Å². The number of hydrogen-bond donors (Lipinski definition) is 0. The number of carbonyl (C=O) groups is 1. The maximum Gasteiger partial charge on any atom is 0.289 e. The molecule has 0 N–H and O–H groups in total. The summed E-state index contributed by atoms with van der Waals surface area (Å²) in [6.07, 6.45) is 0. The SMILES string of the molecule is O=C(c1ccc(-c2ccccc2Cl)o1)N1CCN(c2nnnn2-c2ccccc2)CC1. The fourth-order valence-electron chi connectivity index (χ4n) is 3.64. The van der Waals surface area contributed by atoms with E-state index in [2.05, 4.69) is 20.4 Å². The van der Waals surface area contributed by atoms with Crippen LogP contribution >= 0.6 is 11.6 Å². The summed E-state index contributed by atoms with van der Waals surface area (Å²) in [6.45, 7) is 2.33. The molecule has 8 nitrogen and oxygen atoms in total. The van der Waals surface area contributed by atoms with Crippen LogP contribution in [0.4, 0.5) is 5.95 Å². The molecule has 0 aliphatic carbocycles. The monoisotopic (exact) mass is 434 g/mol. The number of rotatable bonds is 4. The first-order valence-corrected chi connectivity index (χ1v) is 10.3. The Labute approximate surface area is 183 Å². The highest BCUT2D eigenvalue weighted by Gasteiger charge is 2.27. The summed E-state index contributed by atoms with van der Waals surface area (Å²) >= 11 is 6.24. The number of para-hydroxylation sites is 1. The molecule has 1 amide bonds. The minimum Gasteiger partial charge on any atom is -0.451 e. The van der Waals surface area contributed by atoms with Crippen molar-refractivity contribution >= 4 is 23.5 Å². The minimum atomic E-state index is -0.138. The predicted molar refractivity (Wildman–Crippen MR) is 116 cm³/mol. The maximum atomic E-state index is 12.9. The number of aromatic nitrogens is 4. The molecule has 4 aromatic rings. The number of amides is 1. The van der Waals surface area contributed by atoms with Crippen LogP contribution < -0.4 is 4.90 Å². The van der Waals surface area contributed by atoms with Gasteiger partial charge in [-0.2, -0.15) is 4.68 Å². The number of carbonyl (C=O) groups excluding carboxylic acids is 1. The van der Waals surface area contributed by atoms with Gasteiger partial charge in [-0.15, -0.1) is 0 Å². The number of anilines is 1. The lowest BCUT2D eigenvalue weighted by Crippen LogP contribution is -2.49. The number of hydrogen-bond acceptors (Lipinski definition) is 6. The van der Waals surface area contributed by atoms with Crippen molar-refractivity contribution in [1.29, 1.82) is 0 Å². The van der Waals surface area contributed by atoms with Crippen molar-refractivity contribution < 1.29 is 9.21 Å². The fraction of sp³-hybridized carbons (Fsp3) is 0.182. The van der Waals surface area contributed by atoms with Crippen molar-refractivity contribution in [3.63, 3.8) is 0 Å². The highest BCUT2D eigenvalue weighted by atomic mass is 35.5. The van der Waals surface area contributed by atoms with E-state index in [9.17, 15) is 4.79 Å². The summed E-state index contributed by atoms with van der Waals surface area (Å²) in [4.78, 5) is 16.8. The van der Waals surface area contributed by atoms with Crippen LogP contribution in [0.25, 0.3) is 17.0 Å². The van der Waals surface area contributed by atoms with Crippen LogP contribution in [0.15, 0.2) is 71.1 Å². The molecular weight excluding hydrogens is 416 g/mol. The van der Waals surface area contributed by atoms with E-state index in [-0.39, 0.29) is 5.91 Å². The van der Waals surface area contributed by atoms with Crippen molar-refractivity contribution in [1.82, 2.24) is 25.1 Å². The van der Waals surface area contributed by atoms with Crippen molar-refractivity contribution in [2.24, 2.45) is 0 Å². The lowest BCUT2D eigenvalue weighted by atomic mass is 10.2. The quantitative estimate of drug-likeness (QED) is 0.488. The maximum absolute atomic E-state index is 12.9. The third-order valence-corrected chi connectivity index (χ3v) is 5.59. The normalized spacial score (nSPS) is 14.1. The highest BCUT2D eigenvalue weighted by Crippen LogP contribution is 2.29. The van der Waals surface area contributed by atoms with Crippen molar-refractivity contribution in [3.8, 4) is 17.0 Å². The molecule has 156 valence electrons. The second kappa shape index (κ2) is 8.23. The van der Waals surface area contributed by atoms with E-state index < -0.39 is 0 Å². The van der Waals surface area contributed by atoms with Crippen molar-refractivity contribution in [2.45, 2.75) is 0 Å². The van der Waals surface area contributed by atoms with E-state index in [1.54, 1.807) is 27.8 Å². The number of furan rings is 1. The number of nitrogens with zero attached hydrogens (tertiary/aromatic N) is 6. The molecule has 1 aliphatic heterocycles. The summed E-state index contributed by atoms with van der Waals surface area (Å²) in [5, 5.41) is 12.7. The Morgan fingerprint density at radius 3 is 2.42 bits per heavy atom. The van der Waals surface area contributed by atoms with Gasteiger partial charge in [0.2, 0.25) is 5.95 Å². The van der Waals surface area contributed by atoms with Gasteiger partial charge in [-0.3, -0.25) is 4.79 Å². The lowest BCUT2D eigenvalue weighted by molar-refractivity contribution is 0.0715. The van der Waals surface area contributed by atoms with E-state index in [1.165, 1.54) is 0 Å². The summed E-state index contributed by atoms with van der Waals surface area (Å²) in [7, 11) is 0. The van der Waals surface area contributed by atoms with Gasteiger partial charge in [0.15, 0.2) is 5.76 Å². The molecule has 9 heteroatoms. The Hall–Kier alpha value is -3.65. The van der Waals surface area contributed by atoms with Crippen molar-refractivity contribution in [3.05, 3.63) is 77.5 Å². The van der Waals surface area contributed by atoms with E-state index >= 15 is 0 Å². The second-order valence-corrected chi connectivity index (χ2v) is 7.56. The first-order valence-electron chi connectivity index (χ1n) is 9.93. The van der Waals surface area contributed by atoms with Gasteiger partial charge >= 0.3 is 0 Å². The molecule has 0 unspecified atom stereocenters. The average molecular weight is 435 g/mol.